The standard InChI is InChI=1S/C16H21NO2/c1-2-7-19-15-5-3-12-4-6-16(14-10-18-11-14)17-9-13(12)8-15/h3,5,8-9,14,16H,2,4,6-7,10-11H2,1H3. The summed E-state index contributed by atoms with van der Waals surface area (Å²) < 4.78 is 11.0. The Labute approximate surface area is 114 Å². The van der Waals surface area contributed by atoms with Gasteiger partial charge in [-0.15, -0.1) is 0 Å². The molecule has 0 amide bonds. The SMILES string of the molecule is CCCOc1ccc2c(c1)C=NC(C1COC1)CC2. The van der Waals surface area contributed by atoms with Crippen LogP contribution in [0.1, 0.15) is 30.9 Å². The molecule has 2 heterocycles. The Morgan fingerprint density at radius 3 is 3.00 bits per heavy atom. The highest BCUT2D eigenvalue weighted by molar-refractivity contribution is 5.83. The fourth-order valence-corrected chi connectivity index (χ4v) is 2.62. The molecule has 1 unspecified atom stereocenters. The zero-order chi connectivity index (χ0) is 13.1. The molecule has 0 aromatic heterocycles. The van der Waals surface area contributed by atoms with Crippen molar-refractivity contribution in [3.63, 3.8) is 0 Å². The van der Waals surface area contributed by atoms with Crippen molar-refractivity contribution in [1.29, 1.82) is 0 Å². The molecule has 0 N–H and O–H groups in total. The lowest BCUT2D eigenvalue weighted by atomic mass is 9.93. The summed E-state index contributed by atoms with van der Waals surface area (Å²) in [7, 11) is 0. The van der Waals surface area contributed by atoms with E-state index in [1.54, 1.807) is 0 Å². The largest absolute Gasteiger partial charge is 0.494 e. The Morgan fingerprint density at radius 1 is 1.37 bits per heavy atom. The first kappa shape index (κ1) is 12.7. The minimum atomic E-state index is 0.432. The maximum absolute atomic E-state index is 5.69. The van der Waals surface area contributed by atoms with Crippen LogP contribution in [-0.4, -0.2) is 32.1 Å². The maximum Gasteiger partial charge on any atom is 0.119 e. The third-order valence-corrected chi connectivity index (χ3v) is 3.91. The zero-order valence-electron chi connectivity index (χ0n) is 11.5. The van der Waals surface area contributed by atoms with Gasteiger partial charge >= 0.3 is 0 Å². The highest BCUT2D eigenvalue weighted by Crippen LogP contribution is 2.26. The minimum Gasteiger partial charge on any atom is -0.494 e. The van der Waals surface area contributed by atoms with Crippen LogP contribution >= 0.6 is 0 Å². The summed E-state index contributed by atoms with van der Waals surface area (Å²) in [5, 5.41) is 0. The first-order valence-electron chi connectivity index (χ1n) is 7.23. The number of hydrogen-bond donors (Lipinski definition) is 0. The number of fused-ring (bicyclic) bond motifs is 1. The maximum atomic E-state index is 5.69. The molecule has 0 spiro atoms. The molecule has 1 atom stereocenters. The van der Waals surface area contributed by atoms with Crippen LogP contribution in [0.25, 0.3) is 0 Å². The molecule has 3 rings (SSSR count). The number of aryl methyl sites for hydroxylation is 1. The molecule has 3 nitrogen and oxygen atoms in total. The van der Waals surface area contributed by atoms with Gasteiger partial charge in [-0.05, 0) is 42.5 Å². The van der Waals surface area contributed by atoms with E-state index in [4.69, 9.17) is 14.5 Å². The molecule has 1 aromatic carbocycles. The fourth-order valence-electron chi connectivity index (χ4n) is 2.62. The van der Waals surface area contributed by atoms with Crippen molar-refractivity contribution < 1.29 is 9.47 Å². The third kappa shape index (κ3) is 2.81. The first-order valence-corrected chi connectivity index (χ1v) is 7.23. The van der Waals surface area contributed by atoms with Crippen molar-refractivity contribution in [1.82, 2.24) is 0 Å². The molecular formula is C16H21NO2. The van der Waals surface area contributed by atoms with Crippen molar-refractivity contribution in [3.05, 3.63) is 29.3 Å². The lowest BCUT2D eigenvalue weighted by Crippen LogP contribution is -2.37. The molecule has 2 aliphatic heterocycles. The second kappa shape index (κ2) is 5.74. The van der Waals surface area contributed by atoms with Crippen LogP contribution in [0.4, 0.5) is 0 Å². The van der Waals surface area contributed by atoms with E-state index in [2.05, 4.69) is 25.1 Å². The molecule has 0 radical (unpaired) electrons. The van der Waals surface area contributed by atoms with E-state index >= 15 is 0 Å². The van der Waals surface area contributed by atoms with Crippen LogP contribution in [0.15, 0.2) is 23.2 Å². The minimum absolute atomic E-state index is 0.432. The van der Waals surface area contributed by atoms with Crippen molar-refractivity contribution in [2.75, 3.05) is 19.8 Å². The molecule has 1 saturated heterocycles. The van der Waals surface area contributed by atoms with Gasteiger partial charge in [0.15, 0.2) is 0 Å². The number of nitrogens with zero attached hydrogens (tertiary/aromatic N) is 1. The Kier molecular flexibility index (Phi) is 3.83. The average Bonchev–Trinajstić information content (AvgIpc) is 2.57. The summed E-state index contributed by atoms with van der Waals surface area (Å²) in [5.41, 5.74) is 2.60. The lowest BCUT2D eigenvalue weighted by molar-refractivity contribution is -0.0439. The van der Waals surface area contributed by atoms with Crippen LogP contribution in [0.5, 0.6) is 5.75 Å². The van der Waals surface area contributed by atoms with Gasteiger partial charge in [0, 0.05) is 12.1 Å². The van der Waals surface area contributed by atoms with Crippen molar-refractivity contribution in [2.45, 2.75) is 32.2 Å². The summed E-state index contributed by atoms with van der Waals surface area (Å²) in [4.78, 5) is 4.75. The fraction of sp³-hybridized carbons (Fsp3) is 0.562. The van der Waals surface area contributed by atoms with Gasteiger partial charge in [-0.25, -0.2) is 0 Å². The number of hydrogen-bond acceptors (Lipinski definition) is 3. The average molecular weight is 259 g/mol. The van der Waals surface area contributed by atoms with Gasteiger partial charge in [-0.1, -0.05) is 13.0 Å². The van der Waals surface area contributed by atoms with Crippen molar-refractivity contribution in [3.8, 4) is 5.75 Å². The van der Waals surface area contributed by atoms with E-state index < -0.39 is 0 Å². The Hall–Kier alpha value is -1.35. The van der Waals surface area contributed by atoms with Gasteiger partial charge in [-0.2, -0.15) is 0 Å². The van der Waals surface area contributed by atoms with Crippen LogP contribution in [0.2, 0.25) is 0 Å². The normalized spacial score (nSPS) is 22.5. The molecule has 2 aliphatic rings. The van der Waals surface area contributed by atoms with Crippen molar-refractivity contribution in [2.24, 2.45) is 10.9 Å². The van der Waals surface area contributed by atoms with Gasteiger partial charge in [0.25, 0.3) is 0 Å². The molecule has 19 heavy (non-hydrogen) atoms. The lowest BCUT2D eigenvalue weighted by Gasteiger charge is -2.30. The van der Waals surface area contributed by atoms with Crippen LogP contribution in [0.3, 0.4) is 0 Å². The molecule has 0 aliphatic carbocycles. The van der Waals surface area contributed by atoms with E-state index in [0.29, 0.717) is 12.0 Å². The summed E-state index contributed by atoms with van der Waals surface area (Å²) in [5.74, 6) is 1.58. The van der Waals surface area contributed by atoms with Gasteiger partial charge in [0.05, 0.1) is 25.9 Å². The highest BCUT2D eigenvalue weighted by Gasteiger charge is 2.28. The number of benzene rings is 1. The summed E-state index contributed by atoms with van der Waals surface area (Å²) in [6.45, 7) is 4.65. The van der Waals surface area contributed by atoms with Gasteiger partial charge in [0.1, 0.15) is 5.75 Å². The van der Waals surface area contributed by atoms with E-state index in [-0.39, 0.29) is 0 Å². The van der Waals surface area contributed by atoms with E-state index in [0.717, 1.165) is 44.8 Å². The molecule has 0 bridgehead atoms. The van der Waals surface area contributed by atoms with E-state index in [1.165, 1.54) is 11.1 Å². The van der Waals surface area contributed by atoms with Crippen LogP contribution in [0, 0.1) is 5.92 Å². The number of aliphatic imine (C=N–C) groups is 1. The number of rotatable bonds is 4. The van der Waals surface area contributed by atoms with E-state index in [1.807, 2.05) is 6.21 Å². The highest BCUT2D eigenvalue weighted by atomic mass is 16.5. The topological polar surface area (TPSA) is 30.8 Å². The molecule has 1 fully saturated rings. The monoisotopic (exact) mass is 259 g/mol. The van der Waals surface area contributed by atoms with E-state index in [9.17, 15) is 0 Å². The van der Waals surface area contributed by atoms with Crippen LogP contribution < -0.4 is 4.74 Å². The third-order valence-electron chi connectivity index (χ3n) is 3.91. The van der Waals surface area contributed by atoms with Gasteiger partial charge in [0.2, 0.25) is 0 Å². The molecule has 102 valence electrons. The summed E-state index contributed by atoms with van der Waals surface area (Å²) in [6, 6.07) is 6.82. The predicted octanol–water partition coefficient (Wildman–Crippen LogP) is 2.86. The second-order valence-electron chi connectivity index (χ2n) is 5.39. The number of ether oxygens (including phenoxy) is 2. The Bertz CT molecular complexity index is 466. The van der Waals surface area contributed by atoms with Crippen molar-refractivity contribution >= 4 is 6.21 Å². The van der Waals surface area contributed by atoms with Gasteiger partial charge in [-0.3, -0.25) is 4.99 Å². The Balaban J connectivity index is 1.74. The second-order valence-corrected chi connectivity index (χ2v) is 5.39. The molecule has 1 aromatic rings. The first-order chi connectivity index (χ1) is 9.36. The quantitative estimate of drug-likeness (QED) is 0.832. The smallest absolute Gasteiger partial charge is 0.119 e. The molecule has 3 heteroatoms. The summed E-state index contributed by atoms with van der Waals surface area (Å²) >= 11 is 0. The van der Waals surface area contributed by atoms with Crippen LogP contribution in [-0.2, 0) is 11.2 Å². The summed E-state index contributed by atoms with van der Waals surface area (Å²) in [6.07, 6.45) is 5.30. The zero-order valence-corrected chi connectivity index (χ0v) is 11.5. The molecular weight excluding hydrogens is 238 g/mol. The predicted molar refractivity (Wildman–Crippen MR) is 76.2 cm³/mol. The Morgan fingerprint density at radius 2 is 2.26 bits per heavy atom. The molecule has 0 saturated carbocycles. The van der Waals surface area contributed by atoms with Gasteiger partial charge < -0.3 is 9.47 Å².